The number of nitrogens with zero attached hydrogens (tertiary/aromatic N) is 2. The molecule has 4 nitrogen and oxygen atoms in total. The fraction of sp³-hybridized carbons (Fsp3) is 0.438. The second-order valence-electron chi connectivity index (χ2n) is 5.35. The number of aromatic nitrogens is 2. The van der Waals surface area contributed by atoms with Gasteiger partial charge in [-0.1, -0.05) is 13.3 Å². The largest absolute Gasteiger partial charge is 0.349 e. The molecule has 1 N–H and O–H groups in total. The Labute approximate surface area is 129 Å². The number of hydrogen-bond acceptors (Lipinski definition) is 4. The molecule has 0 aliphatic heterocycles. The fourth-order valence-electron chi connectivity index (χ4n) is 2.06. The van der Waals surface area contributed by atoms with Gasteiger partial charge in [-0.3, -0.25) is 9.78 Å². The molecular formula is C16H21N3OS. The standard InChI is InChI=1S/C16H21N3OS/c1-5-6-13-9-12(7-8-17-13)16-19-11(4)14(21-16)15(20)18-10(2)3/h7-10H,5-6H2,1-4H3,(H,18,20). The highest BCUT2D eigenvalue weighted by Gasteiger charge is 2.16. The molecule has 2 aromatic rings. The van der Waals surface area contributed by atoms with Crippen molar-refractivity contribution in [3.8, 4) is 10.6 Å². The zero-order valence-corrected chi connectivity index (χ0v) is 13.8. The van der Waals surface area contributed by atoms with E-state index in [4.69, 9.17) is 0 Å². The first-order chi connectivity index (χ1) is 10.0. The summed E-state index contributed by atoms with van der Waals surface area (Å²) in [6.45, 7) is 7.92. The van der Waals surface area contributed by atoms with Gasteiger partial charge in [0.2, 0.25) is 0 Å². The van der Waals surface area contributed by atoms with Crippen LogP contribution in [-0.2, 0) is 6.42 Å². The van der Waals surface area contributed by atoms with Crippen LogP contribution in [0.2, 0.25) is 0 Å². The minimum absolute atomic E-state index is 0.0471. The van der Waals surface area contributed by atoms with E-state index in [0.29, 0.717) is 4.88 Å². The van der Waals surface area contributed by atoms with Gasteiger partial charge < -0.3 is 5.32 Å². The first kappa shape index (κ1) is 15.6. The average Bonchev–Trinajstić information content (AvgIpc) is 2.81. The summed E-state index contributed by atoms with van der Waals surface area (Å²) in [4.78, 5) is 21.7. The summed E-state index contributed by atoms with van der Waals surface area (Å²) in [5.41, 5.74) is 2.88. The molecular weight excluding hydrogens is 282 g/mol. The first-order valence-electron chi connectivity index (χ1n) is 7.24. The molecule has 0 aliphatic carbocycles. The zero-order valence-electron chi connectivity index (χ0n) is 12.9. The van der Waals surface area contributed by atoms with E-state index in [-0.39, 0.29) is 11.9 Å². The lowest BCUT2D eigenvalue weighted by Crippen LogP contribution is -2.29. The van der Waals surface area contributed by atoms with Gasteiger partial charge in [-0.2, -0.15) is 0 Å². The molecule has 0 aliphatic rings. The van der Waals surface area contributed by atoms with Crippen molar-refractivity contribution < 1.29 is 4.79 Å². The molecule has 0 spiro atoms. The van der Waals surface area contributed by atoms with Crippen LogP contribution in [0.4, 0.5) is 0 Å². The number of pyridine rings is 1. The van der Waals surface area contributed by atoms with Crippen molar-refractivity contribution in [1.82, 2.24) is 15.3 Å². The topological polar surface area (TPSA) is 54.9 Å². The molecule has 0 saturated heterocycles. The average molecular weight is 303 g/mol. The molecule has 0 saturated carbocycles. The van der Waals surface area contributed by atoms with Crippen LogP contribution in [0.15, 0.2) is 18.3 Å². The Balaban J connectivity index is 2.29. The van der Waals surface area contributed by atoms with Crippen molar-refractivity contribution in [2.75, 3.05) is 0 Å². The molecule has 2 heterocycles. The lowest BCUT2D eigenvalue weighted by Gasteiger charge is -2.06. The number of nitrogens with one attached hydrogen (secondary N) is 1. The molecule has 0 fully saturated rings. The number of aryl methyl sites for hydroxylation is 2. The summed E-state index contributed by atoms with van der Waals surface area (Å²) < 4.78 is 0. The lowest BCUT2D eigenvalue weighted by molar-refractivity contribution is 0.0946. The lowest BCUT2D eigenvalue weighted by atomic mass is 10.2. The fourth-order valence-corrected chi connectivity index (χ4v) is 3.03. The molecule has 1 amide bonds. The number of rotatable bonds is 5. The van der Waals surface area contributed by atoms with Crippen LogP contribution in [-0.4, -0.2) is 21.9 Å². The summed E-state index contributed by atoms with van der Waals surface area (Å²) in [5, 5.41) is 3.79. The summed E-state index contributed by atoms with van der Waals surface area (Å²) in [6, 6.07) is 4.13. The van der Waals surface area contributed by atoms with Crippen LogP contribution < -0.4 is 5.32 Å². The third-order valence-corrected chi connectivity index (χ3v) is 4.20. The van der Waals surface area contributed by atoms with Gasteiger partial charge in [-0.25, -0.2) is 4.98 Å². The smallest absolute Gasteiger partial charge is 0.263 e. The van der Waals surface area contributed by atoms with E-state index in [1.807, 2.05) is 33.0 Å². The molecule has 5 heteroatoms. The Bertz CT molecular complexity index is 634. The maximum absolute atomic E-state index is 12.1. The maximum atomic E-state index is 12.1. The predicted molar refractivity (Wildman–Crippen MR) is 86.7 cm³/mol. The van der Waals surface area contributed by atoms with Gasteiger partial charge in [0.05, 0.1) is 5.69 Å². The molecule has 0 bridgehead atoms. The Kier molecular flexibility index (Phi) is 5.07. The third kappa shape index (κ3) is 3.88. The molecule has 2 aromatic heterocycles. The van der Waals surface area contributed by atoms with Crippen molar-refractivity contribution in [3.05, 3.63) is 34.6 Å². The summed E-state index contributed by atoms with van der Waals surface area (Å²) in [6.07, 6.45) is 3.83. The molecule has 2 rings (SSSR count). The van der Waals surface area contributed by atoms with E-state index in [1.165, 1.54) is 11.3 Å². The van der Waals surface area contributed by atoms with Crippen molar-refractivity contribution in [1.29, 1.82) is 0 Å². The predicted octanol–water partition coefficient (Wildman–Crippen LogP) is 3.60. The number of carbonyl (C=O) groups excluding carboxylic acids is 1. The molecule has 0 radical (unpaired) electrons. The second kappa shape index (κ2) is 6.80. The molecule has 0 aromatic carbocycles. The van der Waals surface area contributed by atoms with Crippen LogP contribution >= 0.6 is 11.3 Å². The highest BCUT2D eigenvalue weighted by molar-refractivity contribution is 7.17. The second-order valence-corrected chi connectivity index (χ2v) is 6.35. The van der Waals surface area contributed by atoms with Gasteiger partial charge in [-0.15, -0.1) is 11.3 Å². The molecule has 112 valence electrons. The van der Waals surface area contributed by atoms with Crippen LogP contribution in [0.1, 0.15) is 48.3 Å². The first-order valence-corrected chi connectivity index (χ1v) is 8.06. The molecule has 0 atom stereocenters. The number of thiazole rings is 1. The van der Waals surface area contributed by atoms with Crippen molar-refractivity contribution in [3.63, 3.8) is 0 Å². The van der Waals surface area contributed by atoms with Crippen molar-refractivity contribution in [2.24, 2.45) is 0 Å². The van der Waals surface area contributed by atoms with Gasteiger partial charge in [0.1, 0.15) is 9.88 Å². The third-order valence-electron chi connectivity index (χ3n) is 2.99. The summed E-state index contributed by atoms with van der Waals surface area (Å²) in [7, 11) is 0. The van der Waals surface area contributed by atoms with Gasteiger partial charge in [0.15, 0.2) is 0 Å². The number of amides is 1. The van der Waals surface area contributed by atoms with E-state index in [0.717, 1.165) is 34.8 Å². The highest BCUT2D eigenvalue weighted by Crippen LogP contribution is 2.28. The normalized spacial score (nSPS) is 10.9. The Morgan fingerprint density at radius 1 is 1.43 bits per heavy atom. The van der Waals surface area contributed by atoms with Gasteiger partial charge in [0.25, 0.3) is 5.91 Å². The Hall–Kier alpha value is -1.75. The van der Waals surface area contributed by atoms with Crippen LogP contribution in [0.25, 0.3) is 10.6 Å². The quantitative estimate of drug-likeness (QED) is 0.918. The molecule has 0 unspecified atom stereocenters. The van der Waals surface area contributed by atoms with Crippen LogP contribution in [0.3, 0.4) is 0 Å². The molecule has 21 heavy (non-hydrogen) atoms. The minimum atomic E-state index is -0.0471. The SMILES string of the molecule is CCCc1cc(-c2nc(C)c(C(=O)NC(C)C)s2)ccn1. The van der Waals surface area contributed by atoms with Crippen LogP contribution in [0.5, 0.6) is 0 Å². The highest BCUT2D eigenvalue weighted by atomic mass is 32.1. The zero-order chi connectivity index (χ0) is 15.4. The van der Waals surface area contributed by atoms with E-state index < -0.39 is 0 Å². The number of hydrogen-bond donors (Lipinski definition) is 1. The van der Waals surface area contributed by atoms with Crippen LogP contribution in [0, 0.1) is 6.92 Å². The summed E-state index contributed by atoms with van der Waals surface area (Å²) in [5.74, 6) is -0.0471. The van der Waals surface area contributed by atoms with E-state index >= 15 is 0 Å². The Morgan fingerprint density at radius 3 is 2.86 bits per heavy atom. The number of carbonyl (C=O) groups is 1. The van der Waals surface area contributed by atoms with Crippen molar-refractivity contribution in [2.45, 2.75) is 46.6 Å². The van der Waals surface area contributed by atoms with E-state index in [2.05, 4.69) is 28.3 Å². The Morgan fingerprint density at radius 2 is 2.19 bits per heavy atom. The van der Waals surface area contributed by atoms with Gasteiger partial charge in [0, 0.05) is 23.5 Å². The monoisotopic (exact) mass is 303 g/mol. The van der Waals surface area contributed by atoms with E-state index in [1.54, 1.807) is 0 Å². The minimum Gasteiger partial charge on any atom is -0.349 e. The van der Waals surface area contributed by atoms with E-state index in [9.17, 15) is 4.79 Å². The maximum Gasteiger partial charge on any atom is 0.263 e. The van der Waals surface area contributed by atoms with Crippen molar-refractivity contribution >= 4 is 17.2 Å². The van der Waals surface area contributed by atoms with Gasteiger partial charge in [-0.05, 0) is 39.3 Å². The summed E-state index contributed by atoms with van der Waals surface area (Å²) >= 11 is 1.44. The van der Waals surface area contributed by atoms with Gasteiger partial charge >= 0.3 is 0 Å².